The second-order valence-corrected chi connectivity index (χ2v) is 6.45. The number of imide groups is 1. The molecule has 2 aliphatic rings. The van der Waals surface area contributed by atoms with Crippen molar-refractivity contribution in [2.75, 3.05) is 16.8 Å². The standard InChI is InChI=1S/C19H17N5O3/c1-12-7-9-13(10-8-12)20-15(25)11-23-17-16(21-22-23)18(26)24(19(17)27)14-5-3-2-4-6-14/h2-10,16-17H,11H2,1H3,(H,20,25)/t16-,17+/m0/s1. The number of carbonyl (C=O) groups is 3. The maximum Gasteiger partial charge on any atom is 0.263 e. The number of nitrogens with one attached hydrogen (secondary N) is 1. The smallest absolute Gasteiger partial charge is 0.263 e. The van der Waals surface area contributed by atoms with E-state index in [9.17, 15) is 14.4 Å². The van der Waals surface area contributed by atoms with E-state index in [2.05, 4.69) is 15.7 Å². The summed E-state index contributed by atoms with van der Waals surface area (Å²) < 4.78 is 0. The lowest BCUT2D eigenvalue weighted by atomic mass is 10.1. The van der Waals surface area contributed by atoms with E-state index in [1.54, 1.807) is 42.5 Å². The Labute approximate surface area is 155 Å². The Hall–Kier alpha value is -3.55. The van der Waals surface area contributed by atoms with Crippen LogP contribution in [-0.4, -0.2) is 41.4 Å². The minimum atomic E-state index is -0.912. The molecule has 0 spiro atoms. The molecule has 1 saturated heterocycles. The van der Waals surface area contributed by atoms with Crippen LogP contribution >= 0.6 is 0 Å². The van der Waals surface area contributed by atoms with E-state index in [-0.39, 0.29) is 12.5 Å². The SMILES string of the molecule is Cc1ccc(NC(=O)CN2N=N[C@@H]3C(=O)N(c4ccccc4)C(=O)[C@@H]32)cc1. The van der Waals surface area contributed by atoms with Crippen molar-refractivity contribution in [3.8, 4) is 0 Å². The van der Waals surface area contributed by atoms with Crippen LogP contribution < -0.4 is 10.2 Å². The summed E-state index contributed by atoms with van der Waals surface area (Å²) in [5, 5.41) is 11.8. The van der Waals surface area contributed by atoms with Crippen LogP contribution in [0.5, 0.6) is 0 Å². The van der Waals surface area contributed by atoms with Crippen LogP contribution in [0.25, 0.3) is 0 Å². The van der Waals surface area contributed by atoms with Crippen LogP contribution in [0.15, 0.2) is 64.9 Å². The van der Waals surface area contributed by atoms with E-state index in [1.807, 2.05) is 19.1 Å². The maximum absolute atomic E-state index is 12.8. The Bertz CT molecular complexity index is 926. The molecule has 0 saturated carbocycles. The summed E-state index contributed by atoms with van der Waals surface area (Å²) >= 11 is 0. The molecule has 2 aromatic carbocycles. The van der Waals surface area contributed by atoms with Gasteiger partial charge in [0, 0.05) is 5.69 Å². The number of para-hydroxylation sites is 1. The van der Waals surface area contributed by atoms with E-state index < -0.39 is 23.9 Å². The number of nitrogens with zero attached hydrogens (tertiary/aromatic N) is 4. The van der Waals surface area contributed by atoms with E-state index in [1.165, 1.54) is 5.01 Å². The third kappa shape index (κ3) is 3.05. The number of aryl methyl sites for hydroxylation is 1. The van der Waals surface area contributed by atoms with Crippen molar-refractivity contribution in [1.29, 1.82) is 0 Å². The van der Waals surface area contributed by atoms with Gasteiger partial charge in [-0.2, -0.15) is 5.11 Å². The van der Waals surface area contributed by atoms with E-state index in [0.29, 0.717) is 11.4 Å². The molecule has 2 heterocycles. The molecule has 0 aliphatic carbocycles. The Balaban J connectivity index is 1.47. The summed E-state index contributed by atoms with van der Waals surface area (Å²) in [5.41, 5.74) is 2.22. The molecule has 4 rings (SSSR count). The number of benzene rings is 2. The zero-order valence-electron chi connectivity index (χ0n) is 14.6. The fourth-order valence-electron chi connectivity index (χ4n) is 3.17. The molecule has 1 fully saturated rings. The third-order valence-electron chi connectivity index (χ3n) is 4.51. The van der Waals surface area contributed by atoms with Gasteiger partial charge < -0.3 is 5.32 Å². The van der Waals surface area contributed by atoms with Crippen LogP contribution in [0.1, 0.15) is 5.56 Å². The molecule has 0 radical (unpaired) electrons. The number of hydrogen-bond acceptors (Lipinski definition) is 6. The lowest BCUT2D eigenvalue weighted by Gasteiger charge is -2.20. The average molecular weight is 363 g/mol. The highest BCUT2D eigenvalue weighted by Gasteiger charge is 2.55. The molecule has 8 heteroatoms. The number of amides is 3. The highest BCUT2D eigenvalue weighted by atomic mass is 16.2. The fraction of sp³-hybridized carbons (Fsp3) is 0.211. The topological polar surface area (TPSA) is 94.4 Å². The van der Waals surface area contributed by atoms with Gasteiger partial charge in [-0.25, -0.2) is 4.90 Å². The van der Waals surface area contributed by atoms with Gasteiger partial charge in [0.15, 0.2) is 12.1 Å². The number of carbonyl (C=O) groups excluding carboxylic acids is 3. The largest absolute Gasteiger partial charge is 0.324 e. The molecule has 2 aromatic rings. The summed E-state index contributed by atoms with van der Waals surface area (Å²) in [6.45, 7) is 1.79. The van der Waals surface area contributed by atoms with Crippen LogP contribution in [-0.2, 0) is 14.4 Å². The molecule has 2 atom stereocenters. The molecule has 136 valence electrons. The van der Waals surface area contributed by atoms with Crippen LogP contribution in [0, 0.1) is 6.92 Å². The minimum absolute atomic E-state index is 0.166. The average Bonchev–Trinajstić information content (AvgIpc) is 3.18. The van der Waals surface area contributed by atoms with Gasteiger partial charge >= 0.3 is 0 Å². The first-order chi connectivity index (χ1) is 13.0. The lowest BCUT2D eigenvalue weighted by Crippen LogP contribution is -2.43. The summed E-state index contributed by atoms with van der Waals surface area (Å²) in [7, 11) is 0. The molecule has 8 nitrogen and oxygen atoms in total. The zero-order chi connectivity index (χ0) is 19.0. The molecule has 0 aromatic heterocycles. The van der Waals surface area contributed by atoms with Gasteiger partial charge in [-0.05, 0) is 31.2 Å². The molecule has 0 bridgehead atoms. The summed E-state index contributed by atoms with van der Waals surface area (Å²) in [5.74, 6) is -1.19. The Morgan fingerprint density at radius 3 is 2.44 bits per heavy atom. The summed E-state index contributed by atoms with van der Waals surface area (Å²) in [4.78, 5) is 38.8. The first-order valence-electron chi connectivity index (χ1n) is 8.51. The zero-order valence-corrected chi connectivity index (χ0v) is 14.6. The summed E-state index contributed by atoms with van der Waals surface area (Å²) in [6.07, 6.45) is 0. The second kappa shape index (κ2) is 6.64. The van der Waals surface area contributed by atoms with Crippen molar-refractivity contribution in [2.24, 2.45) is 10.3 Å². The van der Waals surface area contributed by atoms with Crippen molar-refractivity contribution in [3.05, 3.63) is 60.2 Å². The first kappa shape index (κ1) is 16.9. The van der Waals surface area contributed by atoms with Crippen molar-refractivity contribution >= 4 is 29.1 Å². The number of rotatable bonds is 4. The number of fused-ring (bicyclic) bond motifs is 1. The van der Waals surface area contributed by atoms with E-state index >= 15 is 0 Å². The maximum atomic E-state index is 12.8. The monoisotopic (exact) mass is 363 g/mol. The molecule has 2 aliphatic heterocycles. The van der Waals surface area contributed by atoms with Crippen LogP contribution in [0.2, 0.25) is 0 Å². The first-order valence-corrected chi connectivity index (χ1v) is 8.51. The molecular weight excluding hydrogens is 346 g/mol. The number of anilines is 2. The Morgan fingerprint density at radius 2 is 1.74 bits per heavy atom. The normalized spacial score (nSPS) is 20.9. The predicted octanol–water partition coefficient (Wildman–Crippen LogP) is 1.93. The highest BCUT2D eigenvalue weighted by molar-refractivity contribution is 6.25. The highest BCUT2D eigenvalue weighted by Crippen LogP contribution is 2.31. The predicted molar refractivity (Wildman–Crippen MR) is 97.9 cm³/mol. The van der Waals surface area contributed by atoms with E-state index in [4.69, 9.17) is 0 Å². The van der Waals surface area contributed by atoms with Crippen molar-refractivity contribution in [3.63, 3.8) is 0 Å². The summed E-state index contributed by atoms with van der Waals surface area (Å²) in [6, 6.07) is 14.2. The van der Waals surface area contributed by atoms with Gasteiger partial charge in [-0.1, -0.05) is 41.1 Å². The molecule has 27 heavy (non-hydrogen) atoms. The molecule has 0 unspecified atom stereocenters. The molecule has 3 amide bonds. The van der Waals surface area contributed by atoms with Gasteiger partial charge in [0.05, 0.1) is 5.69 Å². The fourth-order valence-corrected chi connectivity index (χ4v) is 3.17. The van der Waals surface area contributed by atoms with Gasteiger partial charge in [0.1, 0.15) is 6.54 Å². The van der Waals surface area contributed by atoms with Crippen molar-refractivity contribution in [1.82, 2.24) is 5.01 Å². The molecule has 1 N–H and O–H groups in total. The minimum Gasteiger partial charge on any atom is -0.324 e. The van der Waals surface area contributed by atoms with E-state index in [0.717, 1.165) is 10.5 Å². The van der Waals surface area contributed by atoms with Gasteiger partial charge in [0.2, 0.25) is 5.91 Å². The van der Waals surface area contributed by atoms with Crippen LogP contribution in [0.3, 0.4) is 0 Å². The van der Waals surface area contributed by atoms with Crippen molar-refractivity contribution < 1.29 is 14.4 Å². The number of hydrogen-bond donors (Lipinski definition) is 1. The Morgan fingerprint density at radius 1 is 1.04 bits per heavy atom. The quantitative estimate of drug-likeness (QED) is 0.840. The third-order valence-corrected chi connectivity index (χ3v) is 4.51. The Kier molecular flexibility index (Phi) is 4.15. The van der Waals surface area contributed by atoms with Crippen molar-refractivity contribution in [2.45, 2.75) is 19.0 Å². The van der Waals surface area contributed by atoms with Gasteiger partial charge in [-0.3, -0.25) is 19.4 Å². The molecular formula is C19H17N5O3. The van der Waals surface area contributed by atoms with Gasteiger partial charge in [-0.15, -0.1) is 0 Å². The van der Waals surface area contributed by atoms with Gasteiger partial charge in [0.25, 0.3) is 11.8 Å². The second-order valence-electron chi connectivity index (χ2n) is 6.45. The lowest BCUT2D eigenvalue weighted by molar-refractivity contribution is -0.123. The van der Waals surface area contributed by atoms with Crippen LogP contribution in [0.4, 0.5) is 11.4 Å².